The first-order valence-corrected chi connectivity index (χ1v) is 7.46. The van der Waals surface area contributed by atoms with Crippen LogP contribution < -0.4 is 5.32 Å². The van der Waals surface area contributed by atoms with Gasteiger partial charge in [0, 0.05) is 4.47 Å². The number of carbonyl (C=O) groups excluding carboxylic acids is 1. The standard InChI is InChI=1S/C15H18BrFN2O/c1-3-7-15(10-18,8-4-2)14(20)19-13-9-11(17)5-6-12(13)16/h5-6,9H,3-4,7-8H2,1-2H3,(H,19,20). The highest BCUT2D eigenvalue weighted by Gasteiger charge is 2.37. The molecule has 0 aliphatic carbocycles. The van der Waals surface area contributed by atoms with Crippen LogP contribution in [0.5, 0.6) is 0 Å². The number of hydrogen-bond acceptors (Lipinski definition) is 2. The van der Waals surface area contributed by atoms with E-state index in [2.05, 4.69) is 27.3 Å². The molecule has 0 aliphatic rings. The Labute approximate surface area is 127 Å². The lowest BCUT2D eigenvalue weighted by Gasteiger charge is -2.24. The Morgan fingerprint density at radius 2 is 2.00 bits per heavy atom. The smallest absolute Gasteiger partial charge is 0.244 e. The first kappa shape index (κ1) is 16.6. The van der Waals surface area contributed by atoms with E-state index in [4.69, 9.17) is 0 Å². The van der Waals surface area contributed by atoms with Crippen LogP contribution in [-0.4, -0.2) is 5.91 Å². The maximum atomic E-state index is 13.2. The molecule has 1 rings (SSSR count). The second-order valence-corrected chi connectivity index (χ2v) is 5.63. The number of benzene rings is 1. The third-order valence-electron chi connectivity index (χ3n) is 3.18. The predicted molar refractivity (Wildman–Crippen MR) is 80.6 cm³/mol. The quantitative estimate of drug-likeness (QED) is 0.820. The molecule has 108 valence electrons. The van der Waals surface area contributed by atoms with Crippen molar-refractivity contribution in [3.8, 4) is 6.07 Å². The number of amides is 1. The number of nitrogens with one attached hydrogen (secondary N) is 1. The molecular weight excluding hydrogens is 323 g/mol. The number of rotatable bonds is 6. The topological polar surface area (TPSA) is 52.9 Å². The highest BCUT2D eigenvalue weighted by atomic mass is 79.9. The molecule has 5 heteroatoms. The molecule has 0 spiro atoms. The SMILES string of the molecule is CCCC(C#N)(CCC)C(=O)Nc1cc(F)ccc1Br. The highest BCUT2D eigenvalue weighted by molar-refractivity contribution is 9.10. The summed E-state index contributed by atoms with van der Waals surface area (Å²) in [6.45, 7) is 3.88. The normalized spacial score (nSPS) is 10.9. The average Bonchev–Trinajstić information content (AvgIpc) is 2.42. The first-order chi connectivity index (χ1) is 9.49. The van der Waals surface area contributed by atoms with Crippen LogP contribution in [0.25, 0.3) is 0 Å². The molecule has 0 unspecified atom stereocenters. The summed E-state index contributed by atoms with van der Waals surface area (Å²) < 4.78 is 13.8. The van der Waals surface area contributed by atoms with Crippen molar-refractivity contribution >= 4 is 27.5 Å². The van der Waals surface area contributed by atoms with Gasteiger partial charge < -0.3 is 5.32 Å². The van der Waals surface area contributed by atoms with Gasteiger partial charge in [-0.2, -0.15) is 5.26 Å². The van der Waals surface area contributed by atoms with E-state index in [0.717, 1.165) is 12.8 Å². The van der Waals surface area contributed by atoms with Gasteiger partial charge in [-0.15, -0.1) is 0 Å². The van der Waals surface area contributed by atoms with Gasteiger partial charge in [0.05, 0.1) is 11.8 Å². The van der Waals surface area contributed by atoms with Crippen LogP contribution in [0, 0.1) is 22.6 Å². The fourth-order valence-electron chi connectivity index (χ4n) is 2.20. The molecule has 0 aromatic heterocycles. The zero-order valence-corrected chi connectivity index (χ0v) is 13.3. The van der Waals surface area contributed by atoms with Crippen molar-refractivity contribution in [3.63, 3.8) is 0 Å². The average molecular weight is 341 g/mol. The fraction of sp³-hybridized carbons (Fsp3) is 0.467. The van der Waals surface area contributed by atoms with Crippen molar-refractivity contribution in [2.45, 2.75) is 39.5 Å². The van der Waals surface area contributed by atoms with Gasteiger partial charge in [-0.05, 0) is 47.0 Å². The van der Waals surface area contributed by atoms with Crippen molar-refractivity contribution < 1.29 is 9.18 Å². The van der Waals surface area contributed by atoms with Crippen molar-refractivity contribution in [2.24, 2.45) is 5.41 Å². The summed E-state index contributed by atoms with van der Waals surface area (Å²) in [6.07, 6.45) is 2.48. The number of carbonyl (C=O) groups is 1. The molecule has 0 fully saturated rings. The first-order valence-electron chi connectivity index (χ1n) is 6.67. The lowest BCUT2D eigenvalue weighted by molar-refractivity contribution is -0.123. The molecule has 1 aromatic carbocycles. The summed E-state index contributed by atoms with van der Waals surface area (Å²) >= 11 is 3.26. The van der Waals surface area contributed by atoms with Crippen LogP contribution >= 0.6 is 15.9 Å². The van der Waals surface area contributed by atoms with E-state index >= 15 is 0 Å². The van der Waals surface area contributed by atoms with E-state index in [9.17, 15) is 14.4 Å². The van der Waals surface area contributed by atoms with Crippen molar-refractivity contribution in [1.29, 1.82) is 5.26 Å². The van der Waals surface area contributed by atoms with Gasteiger partial charge in [0.25, 0.3) is 0 Å². The number of anilines is 1. The van der Waals surface area contributed by atoms with Gasteiger partial charge >= 0.3 is 0 Å². The van der Waals surface area contributed by atoms with Crippen molar-refractivity contribution in [3.05, 3.63) is 28.5 Å². The Morgan fingerprint density at radius 1 is 1.40 bits per heavy atom. The summed E-state index contributed by atoms with van der Waals surface area (Å²) in [6, 6.07) is 6.22. The van der Waals surface area contributed by atoms with Crippen LogP contribution in [0.1, 0.15) is 39.5 Å². The van der Waals surface area contributed by atoms with Crippen molar-refractivity contribution in [2.75, 3.05) is 5.32 Å². The molecule has 0 saturated heterocycles. The lowest BCUT2D eigenvalue weighted by atomic mass is 9.79. The molecule has 1 amide bonds. The minimum atomic E-state index is -1.05. The summed E-state index contributed by atoms with van der Waals surface area (Å²) in [5.74, 6) is -0.799. The minimum Gasteiger partial charge on any atom is -0.324 e. The van der Waals surface area contributed by atoms with Gasteiger partial charge in [0.15, 0.2) is 0 Å². The van der Waals surface area contributed by atoms with E-state index in [0.29, 0.717) is 23.0 Å². The number of nitrogens with zero attached hydrogens (tertiary/aromatic N) is 1. The zero-order chi connectivity index (χ0) is 15.2. The molecule has 0 bridgehead atoms. The van der Waals surface area contributed by atoms with Gasteiger partial charge in [0.2, 0.25) is 5.91 Å². The largest absolute Gasteiger partial charge is 0.324 e. The Bertz CT molecular complexity index is 519. The summed E-state index contributed by atoms with van der Waals surface area (Å²) in [5, 5.41) is 12.1. The number of halogens is 2. The van der Waals surface area contributed by atoms with E-state index in [-0.39, 0.29) is 5.91 Å². The molecule has 1 aromatic rings. The van der Waals surface area contributed by atoms with Crippen molar-refractivity contribution in [1.82, 2.24) is 0 Å². The second-order valence-electron chi connectivity index (χ2n) is 4.77. The van der Waals surface area contributed by atoms with Crippen LogP contribution in [0.2, 0.25) is 0 Å². The van der Waals surface area contributed by atoms with Gasteiger partial charge in [-0.1, -0.05) is 26.7 Å². The van der Waals surface area contributed by atoms with Crippen LogP contribution in [0.4, 0.5) is 10.1 Å². The Hall–Kier alpha value is -1.41. The van der Waals surface area contributed by atoms with E-state index < -0.39 is 11.2 Å². The molecule has 3 nitrogen and oxygen atoms in total. The number of nitriles is 1. The third-order valence-corrected chi connectivity index (χ3v) is 3.87. The monoisotopic (exact) mass is 340 g/mol. The minimum absolute atomic E-state index is 0.349. The maximum Gasteiger partial charge on any atom is 0.244 e. The second kappa shape index (κ2) is 7.39. The van der Waals surface area contributed by atoms with Crippen LogP contribution in [-0.2, 0) is 4.79 Å². The lowest BCUT2D eigenvalue weighted by Crippen LogP contribution is -2.35. The van der Waals surface area contributed by atoms with Crippen LogP contribution in [0.15, 0.2) is 22.7 Å². The maximum absolute atomic E-state index is 13.2. The molecule has 0 atom stereocenters. The highest BCUT2D eigenvalue weighted by Crippen LogP contribution is 2.32. The zero-order valence-electron chi connectivity index (χ0n) is 11.7. The fourth-order valence-corrected chi connectivity index (χ4v) is 2.55. The Balaban J connectivity index is 3.02. The van der Waals surface area contributed by atoms with E-state index in [1.54, 1.807) is 0 Å². The molecular formula is C15H18BrFN2O. The predicted octanol–water partition coefficient (Wildman–Crippen LogP) is 4.64. The van der Waals surface area contributed by atoms with Crippen LogP contribution in [0.3, 0.4) is 0 Å². The summed E-state index contributed by atoms with van der Waals surface area (Å²) in [4.78, 5) is 12.4. The number of hydrogen-bond donors (Lipinski definition) is 1. The van der Waals surface area contributed by atoms with E-state index in [1.165, 1.54) is 18.2 Å². The third kappa shape index (κ3) is 3.80. The van der Waals surface area contributed by atoms with Gasteiger partial charge in [-0.25, -0.2) is 4.39 Å². The molecule has 0 radical (unpaired) electrons. The van der Waals surface area contributed by atoms with E-state index in [1.807, 2.05) is 13.8 Å². The van der Waals surface area contributed by atoms with Gasteiger partial charge in [-0.3, -0.25) is 4.79 Å². The molecule has 0 heterocycles. The molecule has 1 N–H and O–H groups in total. The summed E-state index contributed by atoms with van der Waals surface area (Å²) in [7, 11) is 0. The Kier molecular flexibility index (Phi) is 6.15. The van der Waals surface area contributed by atoms with Gasteiger partial charge in [0.1, 0.15) is 11.2 Å². The Morgan fingerprint density at radius 3 is 2.50 bits per heavy atom. The molecule has 0 saturated carbocycles. The molecule has 0 aliphatic heterocycles. The summed E-state index contributed by atoms with van der Waals surface area (Å²) in [5.41, 5.74) is -0.697. The molecule has 20 heavy (non-hydrogen) atoms.